The van der Waals surface area contributed by atoms with E-state index < -0.39 is 24.0 Å². The molecule has 2 rings (SSSR count). The molecule has 2 atom stereocenters. The number of β-amino-alcohol motifs (C(OH)–C–C–N with tert-alkyl or cyclic N) is 1. The molecule has 1 aliphatic heterocycles. The predicted octanol–water partition coefficient (Wildman–Crippen LogP) is 1.58. The lowest BCUT2D eigenvalue weighted by Crippen LogP contribution is -2.35. The summed E-state index contributed by atoms with van der Waals surface area (Å²) in [7, 11) is 0. The largest absolute Gasteiger partial charge is 0.386 e. The minimum Gasteiger partial charge on any atom is -0.386 e. The van der Waals surface area contributed by atoms with Gasteiger partial charge in [0, 0.05) is 5.56 Å². The third kappa shape index (κ3) is 2.80. The first-order valence-corrected chi connectivity index (χ1v) is 6.59. The number of urea groups is 1. The Labute approximate surface area is 116 Å². The Balaban J connectivity index is 2.08. The molecule has 0 aliphatic carbocycles. The number of aliphatic hydroxyl groups is 1. The Morgan fingerprint density at radius 3 is 2.75 bits per heavy atom. The average molecular weight is 280 g/mol. The van der Waals surface area contributed by atoms with Crippen LogP contribution < -0.4 is 5.32 Å². The zero-order valence-corrected chi connectivity index (χ0v) is 11.2. The van der Waals surface area contributed by atoms with E-state index in [9.17, 15) is 19.1 Å². The molecule has 0 bridgehead atoms. The summed E-state index contributed by atoms with van der Waals surface area (Å²) in [5.74, 6) is -0.926. The van der Waals surface area contributed by atoms with Gasteiger partial charge in [0.2, 0.25) is 0 Å². The molecule has 0 saturated carbocycles. The summed E-state index contributed by atoms with van der Waals surface area (Å²) in [5, 5.41) is 12.6. The van der Waals surface area contributed by atoms with Crippen molar-refractivity contribution in [1.82, 2.24) is 10.2 Å². The van der Waals surface area contributed by atoms with E-state index in [-0.39, 0.29) is 18.0 Å². The van der Waals surface area contributed by atoms with Gasteiger partial charge in [-0.25, -0.2) is 9.18 Å². The maximum atomic E-state index is 13.5. The van der Waals surface area contributed by atoms with E-state index in [4.69, 9.17) is 0 Å². The predicted molar refractivity (Wildman–Crippen MR) is 70.3 cm³/mol. The first-order valence-electron chi connectivity index (χ1n) is 6.59. The molecule has 108 valence electrons. The van der Waals surface area contributed by atoms with Crippen molar-refractivity contribution in [3.8, 4) is 0 Å². The maximum absolute atomic E-state index is 13.5. The summed E-state index contributed by atoms with van der Waals surface area (Å²) in [5.41, 5.74) is 0.0760. The Kier molecular flexibility index (Phi) is 4.34. The van der Waals surface area contributed by atoms with Crippen molar-refractivity contribution in [3.63, 3.8) is 0 Å². The fraction of sp³-hybridized carbons (Fsp3) is 0.429. The molecule has 3 amide bonds. The van der Waals surface area contributed by atoms with Crippen molar-refractivity contribution < 1.29 is 19.1 Å². The van der Waals surface area contributed by atoms with Crippen molar-refractivity contribution in [2.45, 2.75) is 31.9 Å². The van der Waals surface area contributed by atoms with Crippen LogP contribution in [-0.2, 0) is 4.79 Å². The molecule has 20 heavy (non-hydrogen) atoms. The number of hydrogen-bond donors (Lipinski definition) is 2. The first kappa shape index (κ1) is 14.5. The van der Waals surface area contributed by atoms with Gasteiger partial charge in [0.1, 0.15) is 11.9 Å². The Bertz CT molecular complexity index is 521. The minimum atomic E-state index is -1.23. The van der Waals surface area contributed by atoms with Crippen LogP contribution in [-0.4, -0.2) is 34.5 Å². The van der Waals surface area contributed by atoms with Crippen molar-refractivity contribution in [2.24, 2.45) is 0 Å². The van der Waals surface area contributed by atoms with Crippen molar-refractivity contribution >= 4 is 11.9 Å². The molecule has 1 aromatic rings. The summed E-state index contributed by atoms with van der Waals surface area (Å²) in [6, 6.07) is 4.68. The van der Waals surface area contributed by atoms with Gasteiger partial charge in [0.25, 0.3) is 5.91 Å². The summed E-state index contributed by atoms with van der Waals surface area (Å²) >= 11 is 0. The number of carbonyl (C=O) groups excluding carboxylic acids is 2. The Hall–Kier alpha value is -1.95. The second kappa shape index (κ2) is 6.00. The molecule has 0 unspecified atom stereocenters. The molecular weight excluding hydrogens is 263 g/mol. The van der Waals surface area contributed by atoms with Crippen LogP contribution in [0, 0.1) is 5.82 Å². The highest BCUT2D eigenvalue weighted by molar-refractivity contribution is 6.04. The van der Waals surface area contributed by atoms with Crippen molar-refractivity contribution in [1.29, 1.82) is 0 Å². The number of hydrogen-bond acceptors (Lipinski definition) is 3. The second-order valence-corrected chi connectivity index (χ2v) is 4.78. The highest BCUT2D eigenvalue weighted by Gasteiger charge is 2.38. The number of nitrogens with one attached hydrogen (secondary N) is 1. The average Bonchev–Trinajstić information content (AvgIpc) is 2.67. The van der Waals surface area contributed by atoms with Crippen LogP contribution in [0.2, 0.25) is 0 Å². The molecule has 1 aliphatic rings. The first-order chi connectivity index (χ1) is 9.54. The summed E-state index contributed by atoms with van der Waals surface area (Å²) < 4.78 is 13.5. The Morgan fingerprint density at radius 2 is 2.10 bits per heavy atom. The van der Waals surface area contributed by atoms with E-state index in [2.05, 4.69) is 5.32 Å². The molecule has 0 aromatic heterocycles. The van der Waals surface area contributed by atoms with Gasteiger partial charge in [-0.2, -0.15) is 0 Å². The van der Waals surface area contributed by atoms with Crippen molar-refractivity contribution in [3.05, 3.63) is 35.6 Å². The van der Waals surface area contributed by atoms with E-state index in [1.54, 1.807) is 6.07 Å². The number of amides is 3. The smallest absolute Gasteiger partial charge is 0.324 e. The quantitative estimate of drug-likeness (QED) is 0.805. The third-order valence-electron chi connectivity index (χ3n) is 3.30. The number of imide groups is 1. The highest BCUT2D eigenvalue weighted by Crippen LogP contribution is 2.20. The van der Waals surface area contributed by atoms with Gasteiger partial charge >= 0.3 is 6.03 Å². The van der Waals surface area contributed by atoms with Gasteiger partial charge in [0.05, 0.1) is 12.6 Å². The zero-order valence-electron chi connectivity index (χ0n) is 11.2. The van der Waals surface area contributed by atoms with E-state index in [0.717, 1.165) is 11.3 Å². The van der Waals surface area contributed by atoms with Gasteiger partial charge in [0.15, 0.2) is 0 Å². The summed E-state index contributed by atoms with van der Waals surface area (Å²) in [6.45, 7) is 1.67. The number of rotatable bonds is 5. The fourth-order valence-electron chi connectivity index (χ4n) is 2.25. The number of aliphatic hydroxyl groups excluding tert-OH is 1. The van der Waals surface area contributed by atoms with E-state index in [0.29, 0.717) is 6.42 Å². The molecule has 0 spiro atoms. The lowest BCUT2D eigenvalue weighted by Gasteiger charge is -2.18. The summed E-state index contributed by atoms with van der Waals surface area (Å²) in [6.07, 6.45) is 0.0864. The van der Waals surface area contributed by atoms with Crippen LogP contribution in [0.4, 0.5) is 9.18 Å². The third-order valence-corrected chi connectivity index (χ3v) is 3.30. The van der Waals surface area contributed by atoms with Crippen LogP contribution in [0.1, 0.15) is 31.4 Å². The topological polar surface area (TPSA) is 69.6 Å². The molecule has 1 heterocycles. The van der Waals surface area contributed by atoms with Crippen LogP contribution in [0.25, 0.3) is 0 Å². The normalized spacial score (nSPS) is 20.1. The molecule has 5 nitrogen and oxygen atoms in total. The van der Waals surface area contributed by atoms with Crippen molar-refractivity contribution in [2.75, 3.05) is 6.54 Å². The highest BCUT2D eigenvalue weighted by atomic mass is 19.1. The van der Waals surface area contributed by atoms with Gasteiger partial charge < -0.3 is 10.4 Å². The molecule has 6 heteroatoms. The Morgan fingerprint density at radius 1 is 1.40 bits per heavy atom. The van der Waals surface area contributed by atoms with Gasteiger partial charge in [-0.3, -0.25) is 9.69 Å². The molecule has 1 fully saturated rings. The van der Waals surface area contributed by atoms with Crippen LogP contribution in [0.5, 0.6) is 0 Å². The maximum Gasteiger partial charge on any atom is 0.324 e. The lowest BCUT2D eigenvalue weighted by atomic mass is 10.1. The summed E-state index contributed by atoms with van der Waals surface area (Å²) in [4.78, 5) is 24.6. The number of benzene rings is 1. The minimum absolute atomic E-state index is 0.0760. The standard InChI is InChI=1S/C14H17FN2O3/c1-2-5-11-13(19)17(14(20)16-11)8-12(18)9-6-3-4-7-10(9)15/h3-4,6-7,11-12,18H,2,5,8H2,1H3,(H,16,20)/t11-,12-/m1/s1. The zero-order chi connectivity index (χ0) is 14.7. The van der Waals surface area contributed by atoms with Crippen LogP contribution in [0.3, 0.4) is 0 Å². The van der Waals surface area contributed by atoms with Gasteiger partial charge in [-0.1, -0.05) is 31.5 Å². The fourth-order valence-corrected chi connectivity index (χ4v) is 2.25. The van der Waals surface area contributed by atoms with Crippen LogP contribution in [0.15, 0.2) is 24.3 Å². The van der Waals surface area contributed by atoms with Gasteiger partial charge in [-0.15, -0.1) is 0 Å². The van der Waals surface area contributed by atoms with Crippen LogP contribution >= 0.6 is 0 Å². The van der Waals surface area contributed by atoms with Gasteiger partial charge in [-0.05, 0) is 12.5 Å². The lowest BCUT2D eigenvalue weighted by molar-refractivity contribution is -0.128. The number of carbonyl (C=O) groups is 2. The SMILES string of the molecule is CCC[C@H]1NC(=O)N(C[C@@H](O)c2ccccc2F)C1=O. The molecule has 0 radical (unpaired) electrons. The molecule has 1 aromatic carbocycles. The molecule has 1 saturated heterocycles. The molecular formula is C14H17FN2O3. The van der Waals surface area contributed by atoms with E-state index in [1.165, 1.54) is 18.2 Å². The monoisotopic (exact) mass is 280 g/mol. The second-order valence-electron chi connectivity index (χ2n) is 4.78. The van der Waals surface area contributed by atoms with E-state index in [1.807, 2.05) is 6.92 Å². The number of halogens is 1. The number of nitrogens with zero attached hydrogens (tertiary/aromatic N) is 1. The molecule has 2 N–H and O–H groups in total. The van der Waals surface area contributed by atoms with E-state index >= 15 is 0 Å².